The van der Waals surface area contributed by atoms with Crippen LogP contribution in [-0.2, 0) is 19.2 Å². The minimum absolute atomic E-state index is 0.0130. The molecule has 100 valence electrons. The third kappa shape index (κ3) is 2.75. The Morgan fingerprint density at radius 3 is 1.94 bits per heavy atom. The van der Waals surface area contributed by atoms with Gasteiger partial charge in [-0.2, -0.15) is 0 Å². The van der Waals surface area contributed by atoms with Crippen molar-refractivity contribution in [3.8, 4) is 0 Å². The molecule has 1 aliphatic carbocycles. The first-order valence-corrected chi connectivity index (χ1v) is 5.93. The van der Waals surface area contributed by atoms with E-state index in [1.54, 1.807) is 0 Å². The van der Waals surface area contributed by atoms with Crippen LogP contribution >= 0.6 is 0 Å². The molecule has 0 aliphatic heterocycles. The molecular weight excluding hydrogens is 240 g/mol. The summed E-state index contributed by atoms with van der Waals surface area (Å²) in [6.45, 7) is 0. The van der Waals surface area contributed by atoms with Crippen LogP contribution in [0.15, 0.2) is 0 Å². The summed E-state index contributed by atoms with van der Waals surface area (Å²) in [5.41, 5.74) is -2.01. The van der Waals surface area contributed by atoms with Gasteiger partial charge in [0.2, 0.25) is 0 Å². The summed E-state index contributed by atoms with van der Waals surface area (Å²) in [5.74, 6) is -3.67. The lowest BCUT2D eigenvalue weighted by atomic mass is 9.74. The molecule has 6 nitrogen and oxygen atoms in total. The topological polar surface area (TPSA) is 109 Å². The Hall–Kier alpha value is -1.72. The minimum atomic E-state index is -2.01. The first-order chi connectivity index (χ1) is 8.41. The van der Waals surface area contributed by atoms with Crippen molar-refractivity contribution in [3.63, 3.8) is 0 Å². The number of carbonyl (C=O) groups is 4. The van der Waals surface area contributed by atoms with Crippen molar-refractivity contribution >= 4 is 23.5 Å². The van der Waals surface area contributed by atoms with Gasteiger partial charge in [0.15, 0.2) is 17.0 Å². The summed E-state index contributed by atoms with van der Waals surface area (Å²) in [6, 6.07) is 0. The Labute approximate surface area is 104 Å². The SMILES string of the molecule is O=C(O)CCCC1(C(=O)O)C(=O)CCCCC1=O. The highest BCUT2D eigenvalue weighted by atomic mass is 16.4. The number of rotatable bonds is 5. The number of aliphatic carboxylic acids is 2. The largest absolute Gasteiger partial charge is 0.481 e. The Bertz CT molecular complexity index is 366. The number of ketones is 2. The van der Waals surface area contributed by atoms with Crippen LogP contribution in [0.2, 0.25) is 0 Å². The van der Waals surface area contributed by atoms with Crippen molar-refractivity contribution in [2.45, 2.75) is 44.9 Å². The number of hydrogen-bond donors (Lipinski definition) is 2. The van der Waals surface area contributed by atoms with Gasteiger partial charge in [-0.15, -0.1) is 0 Å². The third-order valence-corrected chi connectivity index (χ3v) is 3.32. The van der Waals surface area contributed by atoms with Gasteiger partial charge in [-0.1, -0.05) is 0 Å². The van der Waals surface area contributed by atoms with Crippen molar-refractivity contribution in [1.82, 2.24) is 0 Å². The molecular formula is C12H16O6. The summed E-state index contributed by atoms with van der Waals surface area (Å²) in [5, 5.41) is 17.8. The summed E-state index contributed by atoms with van der Waals surface area (Å²) >= 11 is 0. The lowest BCUT2D eigenvalue weighted by molar-refractivity contribution is -0.160. The number of hydrogen-bond acceptors (Lipinski definition) is 4. The van der Waals surface area contributed by atoms with Crippen LogP contribution in [0.1, 0.15) is 44.9 Å². The number of carbonyl (C=O) groups excluding carboxylic acids is 2. The average molecular weight is 256 g/mol. The molecule has 1 fully saturated rings. The van der Waals surface area contributed by atoms with E-state index in [9.17, 15) is 24.3 Å². The molecule has 0 spiro atoms. The molecule has 0 atom stereocenters. The quantitative estimate of drug-likeness (QED) is 0.561. The van der Waals surface area contributed by atoms with Gasteiger partial charge in [0.05, 0.1) is 0 Å². The molecule has 0 aromatic carbocycles. The molecule has 1 aliphatic rings. The lowest BCUT2D eigenvalue weighted by Crippen LogP contribution is -2.45. The average Bonchev–Trinajstić information content (AvgIpc) is 2.41. The first-order valence-electron chi connectivity index (χ1n) is 5.93. The fourth-order valence-corrected chi connectivity index (χ4v) is 2.28. The summed E-state index contributed by atoms with van der Waals surface area (Å²) < 4.78 is 0. The summed E-state index contributed by atoms with van der Waals surface area (Å²) in [6.07, 6.45) is 0.730. The smallest absolute Gasteiger partial charge is 0.324 e. The molecule has 0 amide bonds. The molecule has 1 saturated carbocycles. The van der Waals surface area contributed by atoms with E-state index in [0.717, 1.165) is 0 Å². The Kier molecular flexibility index (Phi) is 4.58. The van der Waals surface area contributed by atoms with E-state index in [4.69, 9.17) is 5.11 Å². The fourth-order valence-electron chi connectivity index (χ4n) is 2.28. The molecule has 1 rings (SSSR count). The Morgan fingerprint density at radius 2 is 1.56 bits per heavy atom. The summed E-state index contributed by atoms with van der Waals surface area (Å²) in [7, 11) is 0. The lowest BCUT2D eigenvalue weighted by Gasteiger charge is -2.24. The molecule has 0 heterocycles. The Balaban J connectivity index is 2.94. The maximum absolute atomic E-state index is 11.9. The van der Waals surface area contributed by atoms with Crippen LogP contribution in [0.5, 0.6) is 0 Å². The van der Waals surface area contributed by atoms with Gasteiger partial charge in [0.25, 0.3) is 0 Å². The number of carboxylic acid groups (broad SMARTS) is 2. The molecule has 18 heavy (non-hydrogen) atoms. The zero-order valence-corrected chi connectivity index (χ0v) is 9.98. The standard InChI is InChI=1S/C12H16O6/c13-8-4-1-2-5-9(14)12(8,11(17)18)7-3-6-10(15)16/h1-7H2,(H,15,16)(H,17,18). The molecule has 2 N–H and O–H groups in total. The van der Waals surface area contributed by atoms with Crippen LogP contribution < -0.4 is 0 Å². The van der Waals surface area contributed by atoms with Crippen molar-refractivity contribution in [1.29, 1.82) is 0 Å². The zero-order chi connectivity index (χ0) is 13.8. The molecule has 0 aromatic rings. The third-order valence-electron chi connectivity index (χ3n) is 3.32. The van der Waals surface area contributed by atoms with Crippen LogP contribution in [0.3, 0.4) is 0 Å². The second-order valence-corrected chi connectivity index (χ2v) is 4.51. The van der Waals surface area contributed by atoms with Gasteiger partial charge in [0.1, 0.15) is 0 Å². The highest BCUT2D eigenvalue weighted by molar-refractivity contribution is 6.22. The Morgan fingerprint density at radius 1 is 1.06 bits per heavy atom. The predicted octanol–water partition coefficient (Wildman–Crippen LogP) is 1.02. The minimum Gasteiger partial charge on any atom is -0.481 e. The molecule has 6 heteroatoms. The highest BCUT2D eigenvalue weighted by Gasteiger charge is 2.51. The first kappa shape index (κ1) is 14.3. The summed E-state index contributed by atoms with van der Waals surface area (Å²) in [4.78, 5) is 45.6. The second kappa shape index (κ2) is 5.75. The van der Waals surface area contributed by atoms with E-state index in [0.29, 0.717) is 12.8 Å². The van der Waals surface area contributed by atoms with Gasteiger partial charge in [-0.3, -0.25) is 19.2 Å². The van der Waals surface area contributed by atoms with E-state index in [2.05, 4.69) is 0 Å². The molecule has 0 bridgehead atoms. The van der Waals surface area contributed by atoms with Gasteiger partial charge in [0, 0.05) is 19.3 Å². The van der Waals surface area contributed by atoms with Gasteiger partial charge < -0.3 is 10.2 Å². The molecule has 0 aromatic heterocycles. The maximum atomic E-state index is 11.9. The maximum Gasteiger partial charge on any atom is 0.324 e. The van der Waals surface area contributed by atoms with E-state index >= 15 is 0 Å². The van der Waals surface area contributed by atoms with Crippen molar-refractivity contribution in [3.05, 3.63) is 0 Å². The monoisotopic (exact) mass is 256 g/mol. The second-order valence-electron chi connectivity index (χ2n) is 4.51. The normalized spacial score (nSPS) is 19.3. The molecule has 0 saturated heterocycles. The van der Waals surface area contributed by atoms with E-state index < -0.39 is 28.9 Å². The van der Waals surface area contributed by atoms with E-state index in [1.165, 1.54) is 0 Å². The van der Waals surface area contributed by atoms with Gasteiger partial charge in [-0.25, -0.2) is 0 Å². The van der Waals surface area contributed by atoms with Crippen LogP contribution in [0, 0.1) is 5.41 Å². The molecule has 0 unspecified atom stereocenters. The fraction of sp³-hybridized carbons (Fsp3) is 0.667. The van der Waals surface area contributed by atoms with Crippen LogP contribution in [-0.4, -0.2) is 33.7 Å². The van der Waals surface area contributed by atoms with Gasteiger partial charge in [-0.05, 0) is 25.7 Å². The predicted molar refractivity (Wildman–Crippen MR) is 60.0 cm³/mol. The van der Waals surface area contributed by atoms with Crippen molar-refractivity contribution in [2.24, 2.45) is 5.41 Å². The van der Waals surface area contributed by atoms with Crippen molar-refractivity contribution in [2.75, 3.05) is 0 Å². The van der Waals surface area contributed by atoms with E-state index in [-0.39, 0.29) is 32.1 Å². The number of carboxylic acids is 2. The number of Topliss-reactive ketones (excluding diaryl/α,β-unsaturated/α-hetero) is 2. The van der Waals surface area contributed by atoms with Crippen molar-refractivity contribution < 1.29 is 29.4 Å². The van der Waals surface area contributed by atoms with E-state index in [1.807, 2.05) is 0 Å². The molecule has 0 radical (unpaired) electrons. The zero-order valence-electron chi connectivity index (χ0n) is 9.98. The highest BCUT2D eigenvalue weighted by Crippen LogP contribution is 2.34. The van der Waals surface area contributed by atoms with Crippen LogP contribution in [0.25, 0.3) is 0 Å². The van der Waals surface area contributed by atoms with Gasteiger partial charge >= 0.3 is 11.9 Å². The van der Waals surface area contributed by atoms with Crippen LogP contribution in [0.4, 0.5) is 0 Å².